The fourth-order valence-corrected chi connectivity index (χ4v) is 4.04. The van der Waals surface area contributed by atoms with E-state index >= 15 is 0 Å². The second-order valence-electron chi connectivity index (χ2n) is 9.29. The molecule has 5 rings (SSSR count). The summed E-state index contributed by atoms with van der Waals surface area (Å²) >= 11 is 0. The van der Waals surface area contributed by atoms with E-state index in [4.69, 9.17) is 18.6 Å². The number of esters is 1. The number of hydrogen-bond acceptors (Lipinski definition) is 7. The van der Waals surface area contributed by atoms with Crippen molar-refractivity contribution in [2.45, 2.75) is 26.7 Å². The van der Waals surface area contributed by atoms with E-state index in [0.29, 0.717) is 58.2 Å². The van der Waals surface area contributed by atoms with Crippen molar-refractivity contribution >= 4 is 28.7 Å². The van der Waals surface area contributed by atoms with Crippen LogP contribution >= 0.6 is 0 Å². The molecular weight excluding hydrogens is 520 g/mol. The van der Waals surface area contributed by atoms with Crippen molar-refractivity contribution < 1.29 is 28.2 Å². The van der Waals surface area contributed by atoms with E-state index in [1.54, 1.807) is 72.8 Å². The molecule has 0 spiro atoms. The van der Waals surface area contributed by atoms with Gasteiger partial charge in [-0.15, -0.1) is 0 Å². The minimum atomic E-state index is -0.549. The van der Waals surface area contributed by atoms with Crippen molar-refractivity contribution in [1.29, 1.82) is 0 Å². The first-order valence-corrected chi connectivity index (χ1v) is 13.5. The Morgan fingerprint density at radius 3 is 2.05 bits per heavy atom. The monoisotopic (exact) mass is 550 g/mol. The molecule has 1 heterocycles. The standard InChI is InChI=1S/C33H30N2O6/c1-3-19-38-25-14-9-22(10-15-25)31(36)34-24-13-18-29(27(21-24)32-35-28-7-5-6-8-30(28)40-32)41-33(37)23-11-16-26(17-12-23)39-20-4-2/h5-18,21H,3-4,19-20H2,1-2H3,(H,34,36). The lowest BCUT2D eigenvalue weighted by Crippen LogP contribution is -2.13. The maximum absolute atomic E-state index is 13.0. The molecule has 0 saturated carbocycles. The lowest BCUT2D eigenvalue weighted by atomic mass is 10.1. The number of rotatable bonds is 11. The number of fused-ring (bicyclic) bond motifs is 1. The van der Waals surface area contributed by atoms with E-state index in [-0.39, 0.29) is 17.5 Å². The molecule has 0 fully saturated rings. The smallest absolute Gasteiger partial charge is 0.343 e. The Kier molecular flexibility index (Phi) is 8.59. The maximum atomic E-state index is 13.0. The Morgan fingerprint density at radius 1 is 0.780 bits per heavy atom. The molecule has 4 aromatic carbocycles. The average Bonchev–Trinajstić information content (AvgIpc) is 3.44. The van der Waals surface area contributed by atoms with Crippen LogP contribution in [0, 0.1) is 0 Å². The average molecular weight is 551 g/mol. The maximum Gasteiger partial charge on any atom is 0.343 e. The fraction of sp³-hybridized carbons (Fsp3) is 0.182. The largest absolute Gasteiger partial charge is 0.494 e. The number of benzene rings is 4. The van der Waals surface area contributed by atoms with Gasteiger partial charge in [0.25, 0.3) is 5.91 Å². The van der Waals surface area contributed by atoms with E-state index in [0.717, 1.165) is 12.8 Å². The van der Waals surface area contributed by atoms with Gasteiger partial charge in [0.05, 0.1) is 24.3 Å². The molecule has 1 aromatic heterocycles. The van der Waals surface area contributed by atoms with E-state index < -0.39 is 5.97 Å². The van der Waals surface area contributed by atoms with Crippen molar-refractivity contribution in [3.05, 3.63) is 102 Å². The molecule has 1 amide bonds. The van der Waals surface area contributed by atoms with Crippen LogP contribution in [-0.2, 0) is 0 Å². The van der Waals surface area contributed by atoms with E-state index in [1.807, 2.05) is 32.0 Å². The van der Waals surface area contributed by atoms with Gasteiger partial charge in [-0.05, 0) is 91.7 Å². The number of ether oxygens (including phenoxy) is 3. The predicted molar refractivity (Wildman–Crippen MR) is 157 cm³/mol. The van der Waals surface area contributed by atoms with Crippen molar-refractivity contribution in [3.63, 3.8) is 0 Å². The second-order valence-corrected chi connectivity index (χ2v) is 9.29. The van der Waals surface area contributed by atoms with Crippen molar-refractivity contribution in [3.8, 4) is 28.7 Å². The Balaban J connectivity index is 1.40. The fourth-order valence-electron chi connectivity index (χ4n) is 4.04. The molecule has 0 unspecified atom stereocenters. The van der Waals surface area contributed by atoms with Crippen LogP contribution in [0.1, 0.15) is 47.4 Å². The molecule has 0 aliphatic carbocycles. The van der Waals surface area contributed by atoms with Crippen LogP contribution in [0.15, 0.2) is 95.4 Å². The highest BCUT2D eigenvalue weighted by atomic mass is 16.5. The van der Waals surface area contributed by atoms with E-state index in [1.165, 1.54) is 0 Å². The van der Waals surface area contributed by atoms with Crippen LogP contribution in [-0.4, -0.2) is 30.1 Å². The van der Waals surface area contributed by atoms with Crippen molar-refractivity contribution in [2.24, 2.45) is 0 Å². The molecular formula is C33H30N2O6. The number of aromatic nitrogens is 1. The van der Waals surface area contributed by atoms with Crippen LogP contribution in [0.4, 0.5) is 5.69 Å². The van der Waals surface area contributed by atoms with Gasteiger partial charge in [-0.3, -0.25) is 4.79 Å². The topological polar surface area (TPSA) is 99.9 Å². The number of carbonyl (C=O) groups is 2. The Labute approximate surface area is 237 Å². The predicted octanol–water partition coefficient (Wildman–Crippen LogP) is 7.54. The van der Waals surface area contributed by atoms with E-state index in [2.05, 4.69) is 10.3 Å². The molecule has 41 heavy (non-hydrogen) atoms. The number of nitrogens with one attached hydrogen (secondary N) is 1. The Morgan fingerprint density at radius 2 is 1.41 bits per heavy atom. The van der Waals surface area contributed by atoms with Gasteiger partial charge in [0, 0.05) is 11.3 Å². The molecule has 0 atom stereocenters. The van der Waals surface area contributed by atoms with Crippen LogP contribution in [0.25, 0.3) is 22.6 Å². The van der Waals surface area contributed by atoms with Gasteiger partial charge in [-0.2, -0.15) is 0 Å². The second kappa shape index (κ2) is 12.8. The molecule has 0 aliphatic heterocycles. The zero-order chi connectivity index (χ0) is 28.6. The number of para-hydroxylation sites is 2. The third-order valence-electron chi connectivity index (χ3n) is 6.12. The number of oxazole rings is 1. The Bertz CT molecular complexity index is 1610. The molecule has 0 bridgehead atoms. The zero-order valence-electron chi connectivity index (χ0n) is 22.9. The summed E-state index contributed by atoms with van der Waals surface area (Å²) in [7, 11) is 0. The van der Waals surface area contributed by atoms with Gasteiger partial charge < -0.3 is 23.9 Å². The third-order valence-corrected chi connectivity index (χ3v) is 6.12. The highest BCUT2D eigenvalue weighted by Crippen LogP contribution is 2.35. The first-order chi connectivity index (χ1) is 20.0. The summed E-state index contributed by atoms with van der Waals surface area (Å²) in [5, 5.41) is 2.90. The summed E-state index contributed by atoms with van der Waals surface area (Å²) < 4.78 is 23.0. The van der Waals surface area contributed by atoms with Gasteiger partial charge in [0.1, 0.15) is 22.8 Å². The summed E-state index contributed by atoms with van der Waals surface area (Å²) in [4.78, 5) is 30.6. The van der Waals surface area contributed by atoms with Crippen LogP contribution < -0.4 is 19.5 Å². The zero-order valence-corrected chi connectivity index (χ0v) is 22.9. The molecule has 8 nitrogen and oxygen atoms in total. The third kappa shape index (κ3) is 6.73. The van der Waals surface area contributed by atoms with Gasteiger partial charge in [0.15, 0.2) is 5.58 Å². The SMILES string of the molecule is CCCOc1ccc(C(=O)Nc2ccc(OC(=O)c3ccc(OCCC)cc3)c(-c3nc4ccccc4o3)c2)cc1. The molecule has 8 heteroatoms. The minimum absolute atomic E-state index is 0.239. The van der Waals surface area contributed by atoms with Crippen LogP contribution in [0.3, 0.4) is 0 Å². The lowest BCUT2D eigenvalue weighted by Gasteiger charge is -2.12. The van der Waals surface area contributed by atoms with Crippen LogP contribution in [0.2, 0.25) is 0 Å². The normalized spacial score (nSPS) is 10.8. The van der Waals surface area contributed by atoms with Gasteiger partial charge in [0.2, 0.25) is 5.89 Å². The number of anilines is 1. The van der Waals surface area contributed by atoms with Gasteiger partial charge >= 0.3 is 5.97 Å². The quantitative estimate of drug-likeness (QED) is 0.134. The lowest BCUT2D eigenvalue weighted by molar-refractivity contribution is 0.0735. The number of carbonyl (C=O) groups excluding carboxylic acids is 2. The number of amides is 1. The molecule has 1 N–H and O–H groups in total. The Hall–Kier alpha value is -5.11. The summed E-state index contributed by atoms with van der Waals surface area (Å²) in [6.45, 7) is 5.27. The number of hydrogen-bond donors (Lipinski definition) is 1. The highest BCUT2D eigenvalue weighted by molar-refractivity contribution is 6.04. The summed E-state index contributed by atoms with van der Waals surface area (Å²) in [5.41, 5.74) is 2.97. The molecule has 0 aliphatic rings. The van der Waals surface area contributed by atoms with Crippen LogP contribution in [0.5, 0.6) is 17.2 Å². The first-order valence-electron chi connectivity index (χ1n) is 13.5. The summed E-state index contributed by atoms with van der Waals surface area (Å²) in [5.74, 6) is 1.03. The molecule has 5 aromatic rings. The molecule has 208 valence electrons. The van der Waals surface area contributed by atoms with Crippen molar-refractivity contribution in [1.82, 2.24) is 4.98 Å². The highest BCUT2D eigenvalue weighted by Gasteiger charge is 2.19. The summed E-state index contributed by atoms with van der Waals surface area (Å²) in [6.07, 6.45) is 1.79. The summed E-state index contributed by atoms with van der Waals surface area (Å²) in [6, 6.07) is 26.0. The van der Waals surface area contributed by atoms with Gasteiger partial charge in [-0.25, -0.2) is 9.78 Å². The number of nitrogens with zero attached hydrogens (tertiary/aromatic N) is 1. The first kappa shape index (κ1) is 27.5. The minimum Gasteiger partial charge on any atom is -0.494 e. The van der Waals surface area contributed by atoms with E-state index in [9.17, 15) is 9.59 Å². The molecule has 0 radical (unpaired) electrons. The van der Waals surface area contributed by atoms with Gasteiger partial charge in [-0.1, -0.05) is 26.0 Å². The van der Waals surface area contributed by atoms with Crippen molar-refractivity contribution in [2.75, 3.05) is 18.5 Å². The molecule has 0 saturated heterocycles.